The van der Waals surface area contributed by atoms with Crippen LogP contribution in [0.3, 0.4) is 0 Å². The van der Waals surface area contributed by atoms with E-state index >= 15 is 0 Å². The lowest BCUT2D eigenvalue weighted by molar-refractivity contribution is 0.867. The summed E-state index contributed by atoms with van der Waals surface area (Å²) in [6.07, 6.45) is 3.25. The summed E-state index contributed by atoms with van der Waals surface area (Å²) in [6, 6.07) is 8.60. The van der Waals surface area contributed by atoms with Gasteiger partial charge < -0.3 is 5.73 Å². The molecule has 1 rings (SSSR count). The molecular formula is C13H19N. The van der Waals surface area contributed by atoms with Gasteiger partial charge in [0.05, 0.1) is 0 Å². The topological polar surface area (TPSA) is 26.0 Å². The van der Waals surface area contributed by atoms with Gasteiger partial charge in [-0.05, 0) is 31.4 Å². The minimum Gasteiger partial charge on any atom is -0.324 e. The van der Waals surface area contributed by atoms with Crippen LogP contribution in [0.1, 0.15) is 31.9 Å². The first-order valence-corrected chi connectivity index (χ1v) is 5.16. The third kappa shape index (κ3) is 2.71. The molecule has 1 aromatic rings. The van der Waals surface area contributed by atoms with Crippen molar-refractivity contribution in [2.45, 2.75) is 33.2 Å². The highest BCUT2D eigenvalue weighted by Gasteiger charge is 1.99. The van der Waals surface area contributed by atoms with Gasteiger partial charge in [0.1, 0.15) is 0 Å². The Balaban J connectivity index is 3.01. The van der Waals surface area contributed by atoms with Crippen LogP contribution in [0.25, 0.3) is 6.08 Å². The Morgan fingerprint density at radius 1 is 1.43 bits per heavy atom. The first kappa shape index (κ1) is 11.0. The summed E-state index contributed by atoms with van der Waals surface area (Å²) >= 11 is 0. The average molecular weight is 189 g/mol. The summed E-state index contributed by atoms with van der Waals surface area (Å²) in [6.45, 7) is 6.27. The summed E-state index contributed by atoms with van der Waals surface area (Å²) in [5.74, 6) is 0. The number of aryl methyl sites for hydroxylation is 1. The van der Waals surface area contributed by atoms with Gasteiger partial charge in [-0.25, -0.2) is 0 Å². The summed E-state index contributed by atoms with van der Waals surface area (Å²) in [7, 11) is 0. The molecule has 0 saturated heterocycles. The van der Waals surface area contributed by atoms with Crippen molar-refractivity contribution < 1.29 is 0 Å². The molecule has 0 aliphatic heterocycles. The van der Waals surface area contributed by atoms with Crippen molar-refractivity contribution >= 4 is 6.08 Å². The summed E-state index contributed by atoms with van der Waals surface area (Å²) in [4.78, 5) is 0. The Bertz CT molecular complexity index is 324. The molecule has 0 bridgehead atoms. The molecule has 1 atom stereocenters. The Morgan fingerprint density at radius 3 is 2.64 bits per heavy atom. The SMILES string of the molecule is CCc1ccccc1/C=C(/C)C(C)N. The van der Waals surface area contributed by atoms with Gasteiger partial charge in [-0.3, -0.25) is 0 Å². The lowest BCUT2D eigenvalue weighted by Gasteiger charge is -2.07. The number of nitrogens with two attached hydrogens (primary N) is 1. The van der Waals surface area contributed by atoms with Crippen molar-refractivity contribution in [1.29, 1.82) is 0 Å². The molecule has 14 heavy (non-hydrogen) atoms. The maximum atomic E-state index is 5.81. The molecule has 0 aliphatic carbocycles. The minimum absolute atomic E-state index is 0.139. The van der Waals surface area contributed by atoms with E-state index < -0.39 is 0 Å². The van der Waals surface area contributed by atoms with Crippen molar-refractivity contribution in [3.05, 3.63) is 41.0 Å². The zero-order chi connectivity index (χ0) is 10.6. The van der Waals surface area contributed by atoms with E-state index in [0.717, 1.165) is 6.42 Å². The van der Waals surface area contributed by atoms with Gasteiger partial charge >= 0.3 is 0 Å². The predicted octanol–water partition coefficient (Wildman–Crippen LogP) is 3.00. The molecule has 2 N–H and O–H groups in total. The molecule has 0 aromatic heterocycles. The van der Waals surface area contributed by atoms with E-state index in [-0.39, 0.29) is 6.04 Å². The van der Waals surface area contributed by atoms with Crippen LogP contribution in [-0.4, -0.2) is 6.04 Å². The number of rotatable bonds is 3. The number of benzene rings is 1. The highest BCUT2D eigenvalue weighted by molar-refractivity contribution is 5.57. The summed E-state index contributed by atoms with van der Waals surface area (Å²) < 4.78 is 0. The maximum absolute atomic E-state index is 5.81. The van der Waals surface area contributed by atoms with Crippen LogP contribution in [0, 0.1) is 0 Å². The van der Waals surface area contributed by atoms with Crippen LogP contribution in [0.15, 0.2) is 29.8 Å². The Morgan fingerprint density at radius 2 is 2.07 bits per heavy atom. The minimum atomic E-state index is 0.139. The van der Waals surface area contributed by atoms with E-state index in [4.69, 9.17) is 5.73 Å². The van der Waals surface area contributed by atoms with Crippen LogP contribution in [0.4, 0.5) is 0 Å². The highest BCUT2D eigenvalue weighted by Crippen LogP contribution is 2.14. The lowest BCUT2D eigenvalue weighted by Crippen LogP contribution is -2.15. The fourth-order valence-electron chi connectivity index (χ4n) is 1.37. The molecule has 1 nitrogen and oxygen atoms in total. The van der Waals surface area contributed by atoms with Crippen molar-refractivity contribution in [1.82, 2.24) is 0 Å². The fourth-order valence-corrected chi connectivity index (χ4v) is 1.37. The first-order chi connectivity index (χ1) is 6.65. The van der Waals surface area contributed by atoms with Gasteiger partial charge in [-0.15, -0.1) is 0 Å². The number of hydrogen-bond acceptors (Lipinski definition) is 1. The molecule has 0 amide bonds. The van der Waals surface area contributed by atoms with Crippen LogP contribution in [0.5, 0.6) is 0 Å². The normalized spacial score (nSPS) is 14.1. The van der Waals surface area contributed by atoms with E-state index in [1.54, 1.807) is 0 Å². The van der Waals surface area contributed by atoms with Crippen molar-refractivity contribution in [2.75, 3.05) is 0 Å². The second-order valence-electron chi connectivity index (χ2n) is 3.73. The molecule has 0 aliphatic rings. The molecule has 76 valence electrons. The maximum Gasteiger partial charge on any atom is 0.0225 e. The van der Waals surface area contributed by atoms with Gasteiger partial charge in [0, 0.05) is 6.04 Å². The van der Waals surface area contributed by atoms with Crippen molar-refractivity contribution in [2.24, 2.45) is 5.73 Å². The van der Waals surface area contributed by atoms with E-state index in [1.165, 1.54) is 16.7 Å². The standard InChI is InChI=1S/C13H19N/c1-4-12-7-5-6-8-13(12)9-10(2)11(3)14/h5-9,11H,4,14H2,1-3H3/b10-9-. The zero-order valence-electron chi connectivity index (χ0n) is 9.25. The van der Waals surface area contributed by atoms with E-state index in [9.17, 15) is 0 Å². The molecule has 0 radical (unpaired) electrons. The van der Waals surface area contributed by atoms with Crippen molar-refractivity contribution in [3.8, 4) is 0 Å². The van der Waals surface area contributed by atoms with Crippen LogP contribution < -0.4 is 5.73 Å². The number of hydrogen-bond donors (Lipinski definition) is 1. The fraction of sp³-hybridized carbons (Fsp3) is 0.385. The highest BCUT2D eigenvalue weighted by atomic mass is 14.6. The molecule has 0 heterocycles. The molecule has 0 fully saturated rings. The second kappa shape index (κ2) is 4.97. The summed E-state index contributed by atoms with van der Waals surface area (Å²) in [5, 5.41) is 0. The Hall–Kier alpha value is -1.08. The Kier molecular flexibility index (Phi) is 3.90. The molecule has 1 heteroatoms. The zero-order valence-corrected chi connectivity index (χ0v) is 9.25. The third-order valence-corrected chi connectivity index (χ3v) is 2.54. The average Bonchev–Trinajstić information content (AvgIpc) is 2.18. The van der Waals surface area contributed by atoms with Gasteiger partial charge in [0.2, 0.25) is 0 Å². The van der Waals surface area contributed by atoms with Gasteiger partial charge in [0.15, 0.2) is 0 Å². The molecule has 1 aromatic carbocycles. The monoisotopic (exact) mass is 189 g/mol. The predicted molar refractivity (Wildman–Crippen MR) is 63.1 cm³/mol. The Labute approximate surface area is 86.6 Å². The van der Waals surface area contributed by atoms with Gasteiger partial charge in [-0.2, -0.15) is 0 Å². The quantitative estimate of drug-likeness (QED) is 0.777. The van der Waals surface area contributed by atoms with Crippen LogP contribution in [-0.2, 0) is 6.42 Å². The smallest absolute Gasteiger partial charge is 0.0225 e. The van der Waals surface area contributed by atoms with E-state index in [2.05, 4.69) is 44.2 Å². The van der Waals surface area contributed by atoms with Gasteiger partial charge in [-0.1, -0.05) is 42.8 Å². The molecule has 1 unspecified atom stereocenters. The van der Waals surface area contributed by atoms with Crippen molar-refractivity contribution in [3.63, 3.8) is 0 Å². The largest absolute Gasteiger partial charge is 0.324 e. The van der Waals surface area contributed by atoms with E-state index in [0.29, 0.717) is 0 Å². The molecule has 0 saturated carbocycles. The lowest BCUT2D eigenvalue weighted by atomic mass is 10.0. The van der Waals surface area contributed by atoms with Crippen LogP contribution in [0.2, 0.25) is 0 Å². The molecule has 0 spiro atoms. The van der Waals surface area contributed by atoms with Gasteiger partial charge in [0.25, 0.3) is 0 Å². The first-order valence-electron chi connectivity index (χ1n) is 5.16. The van der Waals surface area contributed by atoms with E-state index in [1.807, 2.05) is 6.92 Å². The molecular weight excluding hydrogens is 170 g/mol. The summed E-state index contributed by atoms with van der Waals surface area (Å²) in [5.41, 5.74) is 9.71. The third-order valence-electron chi connectivity index (χ3n) is 2.54. The second-order valence-corrected chi connectivity index (χ2v) is 3.73. The van der Waals surface area contributed by atoms with Crippen LogP contribution >= 0.6 is 0 Å².